The van der Waals surface area contributed by atoms with E-state index >= 15 is 0 Å². The predicted molar refractivity (Wildman–Crippen MR) is 121 cm³/mol. The molecule has 0 fully saturated rings. The normalized spacial score (nSPS) is 10.7. The Hall–Kier alpha value is -4.86. The van der Waals surface area contributed by atoms with Crippen molar-refractivity contribution in [1.29, 1.82) is 0 Å². The number of nitrogens with zero attached hydrogens (tertiary/aromatic N) is 6. The molecule has 0 saturated carbocycles. The van der Waals surface area contributed by atoms with Crippen LogP contribution in [0.15, 0.2) is 84.2 Å². The molecule has 0 saturated heterocycles. The van der Waals surface area contributed by atoms with Crippen molar-refractivity contribution in [3.63, 3.8) is 0 Å². The minimum Gasteiger partial charge on any atom is -0.355 e. The molecular formula is C23H18N8O2. The van der Waals surface area contributed by atoms with Crippen LogP contribution in [-0.2, 0) is 0 Å². The highest BCUT2D eigenvalue weighted by Gasteiger charge is 2.14. The lowest BCUT2D eigenvalue weighted by molar-refractivity contribution is 0.101. The third kappa shape index (κ3) is 4.59. The molecule has 0 bridgehead atoms. The number of aryl methyl sites for hydroxylation is 1. The fraction of sp³-hybridized carbons (Fsp3) is 0.0435. The second kappa shape index (κ2) is 8.71. The summed E-state index contributed by atoms with van der Waals surface area (Å²) < 4.78 is 7.07. The Balaban J connectivity index is 1.26. The van der Waals surface area contributed by atoms with Crippen LogP contribution in [0.1, 0.15) is 16.3 Å². The van der Waals surface area contributed by atoms with E-state index in [0.29, 0.717) is 28.9 Å². The van der Waals surface area contributed by atoms with Crippen molar-refractivity contribution in [3.05, 3.63) is 91.2 Å². The van der Waals surface area contributed by atoms with Crippen molar-refractivity contribution in [2.75, 3.05) is 10.6 Å². The van der Waals surface area contributed by atoms with Crippen LogP contribution >= 0.6 is 0 Å². The van der Waals surface area contributed by atoms with Gasteiger partial charge in [-0.3, -0.25) is 14.3 Å². The van der Waals surface area contributed by atoms with Crippen LogP contribution in [0.5, 0.6) is 0 Å². The zero-order chi connectivity index (χ0) is 22.6. The molecular weight excluding hydrogens is 420 g/mol. The van der Waals surface area contributed by atoms with Crippen LogP contribution in [-0.4, -0.2) is 35.6 Å². The SMILES string of the molecule is Cc1nc(Nc2ccc(NC(=O)c3cc(-c4cccnc4)on3)cc2)cc(-n2ccnc2)n1. The summed E-state index contributed by atoms with van der Waals surface area (Å²) in [6.45, 7) is 1.83. The number of amides is 1. The first-order chi connectivity index (χ1) is 16.1. The van der Waals surface area contributed by atoms with Crippen LogP contribution < -0.4 is 10.6 Å². The van der Waals surface area contributed by atoms with Crippen LogP contribution in [0.4, 0.5) is 17.2 Å². The fourth-order valence-corrected chi connectivity index (χ4v) is 3.15. The molecule has 1 aromatic carbocycles. The summed E-state index contributed by atoms with van der Waals surface area (Å²) in [4.78, 5) is 29.5. The highest BCUT2D eigenvalue weighted by molar-refractivity contribution is 6.03. The van der Waals surface area contributed by atoms with Gasteiger partial charge in [0.2, 0.25) is 0 Å². The Morgan fingerprint density at radius 2 is 1.85 bits per heavy atom. The third-order valence-corrected chi connectivity index (χ3v) is 4.70. The number of aromatic nitrogens is 6. The number of carbonyl (C=O) groups excluding carboxylic acids is 1. The van der Waals surface area contributed by atoms with Gasteiger partial charge in [-0.05, 0) is 43.3 Å². The summed E-state index contributed by atoms with van der Waals surface area (Å²) in [7, 11) is 0. The average Bonchev–Trinajstić information content (AvgIpc) is 3.53. The van der Waals surface area contributed by atoms with Crippen molar-refractivity contribution < 1.29 is 9.32 Å². The van der Waals surface area contributed by atoms with Gasteiger partial charge in [0.05, 0.1) is 0 Å². The minimum atomic E-state index is -0.369. The zero-order valence-corrected chi connectivity index (χ0v) is 17.5. The van der Waals surface area contributed by atoms with E-state index in [1.807, 2.05) is 42.0 Å². The van der Waals surface area contributed by atoms with E-state index in [-0.39, 0.29) is 11.6 Å². The molecule has 10 heteroatoms. The highest BCUT2D eigenvalue weighted by atomic mass is 16.5. The van der Waals surface area contributed by atoms with Crippen LogP contribution in [0.25, 0.3) is 17.1 Å². The van der Waals surface area contributed by atoms with Crippen LogP contribution in [0.3, 0.4) is 0 Å². The van der Waals surface area contributed by atoms with Crippen molar-refractivity contribution >= 4 is 23.1 Å². The summed E-state index contributed by atoms with van der Waals surface area (Å²) >= 11 is 0. The van der Waals surface area contributed by atoms with Gasteiger partial charge in [0, 0.05) is 53.9 Å². The number of benzene rings is 1. The first-order valence-electron chi connectivity index (χ1n) is 10.0. The molecule has 0 aliphatic carbocycles. The lowest BCUT2D eigenvalue weighted by Crippen LogP contribution is -2.12. The highest BCUT2D eigenvalue weighted by Crippen LogP contribution is 2.22. The topological polar surface area (TPSA) is 124 Å². The smallest absolute Gasteiger partial charge is 0.277 e. The van der Waals surface area contributed by atoms with Crippen molar-refractivity contribution in [2.45, 2.75) is 6.92 Å². The lowest BCUT2D eigenvalue weighted by Gasteiger charge is -2.10. The predicted octanol–water partition coefficient (Wildman–Crippen LogP) is 4.02. The van der Waals surface area contributed by atoms with Crippen LogP contribution in [0, 0.1) is 6.92 Å². The molecule has 5 aromatic rings. The largest absolute Gasteiger partial charge is 0.355 e. The average molecular weight is 438 g/mol. The zero-order valence-electron chi connectivity index (χ0n) is 17.5. The number of hydrogen-bond donors (Lipinski definition) is 2. The van der Waals surface area contributed by atoms with Crippen molar-refractivity contribution in [2.24, 2.45) is 0 Å². The summed E-state index contributed by atoms with van der Waals surface area (Å²) in [5, 5.41) is 9.91. The van der Waals surface area contributed by atoms with Gasteiger partial charge in [0.15, 0.2) is 11.5 Å². The van der Waals surface area contributed by atoms with Crippen molar-refractivity contribution in [3.8, 4) is 17.1 Å². The number of pyridine rings is 1. The number of anilines is 3. The molecule has 5 rings (SSSR count). The maximum absolute atomic E-state index is 12.5. The third-order valence-electron chi connectivity index (χ3n) is 4.70. The van der Waals surface area contributed by atoms with E-state index < -0.39 is 0 Å². The maximum atomic E-state index is 12.5. The molecule has 33 heavy (non-hydrogen) atoms. The van der Waals surface area contributed by atoms with E-state index in [4.69, 9.17) is 4.52 Å². The fourth-order valence-electron chi connectivity index (χ4n) is 3.15. The van der Waals surface area contributed by atoms with Gasteiger partial charge < -0.3 is 15.2 Å². The summed E-state index contributed by atoms with van der Waals surface area (Å²) in [6, 6.07) is 14.3. The number of imidazole rings is 1. The van der Waals surface area contributed by atoms with Gasteiger partial charge >= 0.3 is 0 Å². The Labute approximate surface area is 188 Å². The summed E-state index contributed by atoms with van der Waals surface area (Å²) in [5.74, 6) is 2.10. The lowest BCUT2D eigenvalue weighted by atomic mass is 10.2. The Morgan fingerprint density at radius 1 is 1.00 bits per heavy atom. The van der Waals surface area contributed by atoms with Gasteiger partial charge in [-0.15, -0.1) is 0 Å². The van der Waals surface area contributed by atoms with E-state index in [2.05, 4.69) is 35.7 Å². The molecule has 10 nitrogen and oxygen atoms in total. The molecule has 162 valence electrons. The molecule has 0 aliphatic rings. The van der Waals surface area contributed by atoms with Gasteiger partial charge in [-0.2, -0.15) is 0 Å². The molecule has 0 radical (unpaired) electrons. The number of carbonyl (C=O) groups is 1. The molecule has 0 spiro atoms. The number of hydrogen-bond acceptors (Lipinski definition) is 8. The summed E-state index contributed by atoms with van der Waals surface area (Å²) in [5.41, 5.74) is 2.35. The van der Waals surface area contributed by atoms with Gasteiger partial charge in [-0.1, -0.05) is 5.16 Å². The standard InChI is InChI=1S/C23H18N8O2/c1-15-26-21(12-22(27-15)31-10-9-25-14-31)28-17-4-6-18(7-5-17)29-23(32)19-11-20(33-30-19)16-3-2-8-24-13-16/h2-14H,1H3,(H,29,32)(H,26,27,28). The number of rotatable bonds is 6. The Morgan fingerprint density at radius 3 is 2.61 bits per heavy atom. The summed E-state index contributed by atoms with van der Waals surface area (Å²) in [6.07, 6.45) is 8.49. The van der Waals surface area contributed by atoms with Gasteiger partial charge in [0.25, 0.3) is 5.91 Å². The van der Waals surface area contributed by atoms with Gasteiger partial charge in [-0.25, -0.2) is 15.0 Å². The molecule has 0 aliphatic heterocycles. The molecule has 1 amide bonds. The van der Waals surface area contributed by atoms with Gasteiger partial charge in [0.1, 0.15) is 23.8 Å². The van der Waals surface area contributed by atoms with E-state index in [9.17, 15) is 4.79 Å². The Kier molecular flexibility index (Phi) is 5.30. The minimum absolute atomic E-state index is 0.180. The number of nitrogens with one attached hydrogen (secondary N) is 2. The maximum Gasteiger partial charge on any atom is 0.277 e. The van der Waals surface area contributed by atoms with E-state index in [0.717, 1.165) is 11.3 Å². The van der Waals surface area contributed by atoms with E-state index in [1.54, 1.807) is 49.2 Å². The molecule has 0 unspecified atom stereocenters. The van der Waals surface area contributed by atoms with Crippen LogP contribution in [0.2, 0.25) is 0 Å². The molecule has 4 heterocycles. The molecule has 2 N–H and O–H groups in total. The van der Waals surface area contributed by atoms with E-state index in [1.165, 1.54) is 0 Å². The Bertz CT molecular complexity index is 1380. The first kappa shape index (κ1) is 20.1. The first-order valence-corrected chi connectivity index (χ1v) is 10.0. The quantitative estimate of drug-likeness (QED) is 0.407. The second-order valence-electron chi connectivity index (χ2n) is 7.10. The molecule has 0 atom stereocenters. The second-order valence-corrected chi connectivity index (χ2v) is 7.10. The van der Waals surface area contributed by atoms with Crippen molar-refractivity contribution in [1.82, 2.24) is 29.7 Å². The molecule has 4 aromatic heterocycles. The monoisotopic (exact) mass is 438 g/mol.